The van der Waals surface area contributed by atoms with E-state index < -0.39 is 18.1 Å². The normalized spacial score (nSPS) is 15.2. The van der Waals surface area contributed by atoms with Gasteiger partial charge < -0.3 is 14.8 Å². The lowest BCUT2D eigenvalue weighted by molar-refractivity contribution is -0.143. The number of amides is 1. The van der Waals surface area contributed by atoms with Crippen LogP contribution in [-0.2, 0) is 33.8 Å². The van der Waals surface area contributed by atoms with Crippen LogP contribution >= 0.6 is 0 Å². The minimum Gasteiger partial charge on any atom is -0.467 e. The Morgan fingerprint density at radius 2 is 1.93 bits per heavy atom. The van der Waals surface area contributed by atoms with Crippen LogP contribution in [0.3, 0.4) is 0 Å². The third-order valence-electron chi connectivity index (χ3n) is 4.07. The zero-order valence-electron chi connectivity index (χ0n) is 15.4. The van der Waals surface area contributed by atoms with Crippen molar-refractivity contribution in [3.63, 3.8) is 0 Å². The van der Waals surface area contributed by atoms with E-state index in [1.54, 1.807) is 10.9 Å². The zero-order chi connectivity index (χ0) is 19.8. The van der Waals surface area contributed by atoms with E-state index in [1.807, 2.05) is 56.0 Å². The number of rotatable bonds is 8. The Bertz CT molecular complexity index is 772. The Labute approximate surface area is 164 Å². The average Bonchev–Trinajstić information content (AvgIpc) is 3.38. The Morgan fingerprint density at radius 1 is 1.18 bits per heavy atom. The number of nitrogens with one attached hydrogen (secondary N) is 1. The number of benzene rings is 1. The Kier molecular flexibility index (Phi) is 7.00. The molecule has 1 aliphatic rings. The summed E-state index contributed by atoms with van der Waals surface area (Å²) in [7, 11) is 1.28. The minimum atomic E-state index is -0.840. The van der Waals surface area contributed by atoms with Gasteiger partial charge in [-0.1, -0.05) is 35.5 Å². The van der Waals surface area contributed by atoms with E-state index in [0.29, 0.717) is 18.7 Å². The predicted octanol–water partition coefficient (Wildman–Crippen LogP) is 1.69. The van der Waals surface area contributed by atoms with Gasteiger partial charge in [0.05, 0.1) is 13.3 Å². The van der Waals surface area contributed by atoms with Gasteiger partial charge in [-0.2, -0.15) is 0 Å². The third-order valence-corrected chi connectivity index (χ3v) is 4.07. The van der Waals surface area contributed by atoms with Gasteiger partial charge in [0.15, 0.2) is 0 Å². The van der Waals surface area contributed by atoms with E-state index in [1.165, 1.54) is 7.11 Å². The van der Waals surface area contributed by atoms with Gasteiger partial charge in [-0.05, 0) is 31.2 Å². The van der Waals surface area contributed by atoms with E-state index in [4.69, 9.17) is 9.47 Å². The average molecular weight is 381 g/mol. The number of aromatic nitrogens is 3. The molecule has 0 bridgehead atoms. The molecule has 5 radical (unpaired) electrons. The molecule has 1 aromatic carbocycles. The van der Waals surface area contributed by atoms with Crippen molar-refractivity contribution in [2.45, 2.75) is 25.6 Å². The van der Waals surface area contributed by atoms with Crippen LogP contribution in [0.25, 0.3) is 0 Å². The summed E-state index contributed by atoms with van der Waals surface area (Å²) in [5, 5.41) is 10.5. The molecule has 0 spiro atoms. The lowest BCUT2D eigenvalue weighted by atomic mass is 10.1. The van der Waals surface area contributed by atoms with Gasteiger partial charge >= 0.3 is 12.1 Å². The van der Waals surface area contributed by atoms with Crippen molar-refractivity contribution >= 4 is 12.1 Å². The lowest BCUT2D eigenvalue weighted by Crippen LogP contribution is -2.43. The molecule has 0 saturated heterocycles. The van der Waals surface area contributed by atoms with Crippen LogP contribution in [-0.4, -0.2) is 40.2 Å². The fraction of sp³-hybridized carbons (Fsp3) is 0.250. The van der Waals surface area contributed by atoms with Gasteiger partial charge in [0.25, 0.3) is 0 Å². The number of hydrogen-bond acceptors (Lipinski definition) is 6. The highest BCUT2D eigenvalue weighted by atomic mass is 16.6. The second kappa shape index (κ2) is 9.87. The predicted molar refractivity (Wildman–Crippen MR) is 99.7 cm³/mol. The van der Waals surface area contributed by atoms with Gasteiger partial charge in [-0.3, -0.25) is 4.68 Å². The van der Waals surface area contributed by atoms with Crippen molar-refractivity contribution in [1.29, 1.82) is 0 Å². The molecule has 3 rings (SSSR count). The highest BCUT2D eigenvalue weighted by Crippen LogP contribution is 2.24. The molecule has 1 saturated carbocycles. The van der Waals surface area contributed by atoms with Gasteiger partial charge in [0, 0.05) is 18.9 Å². The van der Waals surface area contributed by atoms with Crippen LogP contribution in [0, 0.1) is 31.6 Å². The largest absolute Gasteiger partial charge is 0.467 e. The van der Waals surface area contributed by atoms with Crippen LogP contribution < -0.4 is 5.32 Å². The maximum absolute atomic E-state index is 12.1. The molecule has 1 atom stereocenters. The quantitative estimate of drug-likeness (QED) is 0.699. The summed E-state index contributed by atoms with van der Waals surface area (Å²) in [6, 6.07) is 8.50. The van der Waals surface area contributed by atoms with Crippen molar-refractivity contribution in [3.8, 4) is 0 Å². The minimum absolute atomic E-state index is 0.0495. The summed E-state index contributed by atoms with van der Waals surface area (Å²) < 4.78 is 11.6. The van der Waals surface area contributed by atoms with Gasteiger partial charge in [0.1, 0.15) is 18.3 Å². The first kappa shape index (κ1) is 19.9. The smallest absolute Gasteiger partial charge is 0.408 e. The van der Waals surface area contributed by atoms with Crippen LogP contribution in [0.15, 0.2) is 36.5 Å². The first-order chi connectivity index (χ1) is 13.6. The van der Waals surface area contributed by atoms with Crippen molar-refractivity contribution < 1.29 is 19.1 Å². The molecular weight excluding hydrogens is 360 g/mol. The SMILES string of the molecule is COC(=O)[C@H](Cc1ccccc1)NC(=O)OCc1cn(C[C]2[CH][CH][CH][CH]2)nn1. The standard InChI is InChI=1S/C20H21N4O4/c1-27-19(25)18(11-15-7-3-2-4-8-15)21-20(26)28-14-17-13-24(23-22-17)12-16-9-5-6-10-16/h2-10,13,18H,11-12,14H2,1H3,(H,21,26)/t18-/m0/s1. The molecule has 8 heteroatoms. The number of carbonyl (C=O) groups excluding carboxylic acids is 2. The van der Waals surface area contributed by atoms with Crippen LogP contribution in [0.1, 0.15) is 11.3 Å². The van der Waals surface area contributed by atoms with Gasteiger partial charge in [0.2, 0.25) is 0 Å². The van der Waals surface area contributed by atoms with E-state index >= 15 is 0 Å². The lowest BCUT2D eigenvalue weighted by Gasteiger charge is -2.16. The summed E-state index contributed by atoms with van der Waals surface area (Å²) in [6.07, 6.45) is 9.18. The molecular formula is C20H21N4O4. The molecule has 2 aromatic rings. The van der Waals surface area contributed by atoms with Crippen molar-refractivity contribution in [2.75, 3.05) is 7.11 Å². The monoisotopic (exact) mass is 381 g/mol. The third kappa shape index (κ3) is 5.80. The first-order valence-electron chi connectivity index (χ1n) is 8.78. The molecule has 1 heterocycles. The number of esters is 1. The van der Waals surface area contributed by atoms with E-state index in [2.05, 4.69) is 15.6 Å². The Hall–Kier alpha value is -2.90. The maximum Gasteiger partial charge on any atom is 0.408 e. The molecule has 1 fully saturated rings. The molecule has 28 heavy (non-hydrogen) atoms. The summed E-state index contributed by atoms with van der Waals surface area (Å²) >= 11 is 0. The maximum atomic E-state index is 12.1. The van der Waals surface area contributed by atoms with Crippen molar-refractivity contribution in [2.24, 2.45) is 0 Å². The fourth-order valence-corrected chi connectivity index (χ4v) is 2.70. The van der Waals surface area contributed by atoms with Crippen LogP contribution in [0.4, 0.5) is 4.79 Å². The van der Waals surface area contributed by atoms with Gasteiger partial charge in [-0.15, -0.1) is 5.10 Å². The van der Waals surface area contributed by atoms with E-state index in [-0.39, 0.29) is 6.61 Å². The summed E-state index contributed by atoms with van der Waals surface area (Å²) in [6.45, 7) is 0.541. The summed E-state index contributed by atoms with van der Waals surface area (Å²) in [5.41, 5.74) is 1.41. The number of hydrogen-bond donors (Lipinski definition) is 1. The molecule has 1 aliphatic carbocycles. The molecule has 8 nitrogen and oxygen atoms in total. The molecule has 1 aromatic heterocycles. The number of carbonyl (C=O) groups is 2. The van der Waals surface area contributed by atoms with Crippen molar-refractivity contribution in [3.05, 3.63) is 79.4 Å². The molecule has 0 unspecified atom stereocenters. The molecule has 0 aliphatic heterocycles. The van der Waals surface area contributed by atoms with Crippen LogP contribution in [0.2, 0.25) is 0 Å². The van der Waals surface area contributed by atoms with E-state index in [9.17, 15) is 9.59 Å². The zero-order valence-corrected chi connectivity index (χ0v) is 15.4. The topological polar surface area (TPSA) is 95.3 Å². The van der Waals surface area contributed by atoms with Crippen molar-refractivity contribution in [1.82, 2.24) is 20.3 Å². The first-order valence-corrected chi connectivity index (χ1v) is 8.78. The number of ether oxygens (including phenoxy) is 2. The van der Waals surface area contributed by atoms with Crippen LogP contribution in [0.5, 0.6) is 0 Å². The number of nitrogens with zero attached hydrogens (tertiary/aromatic N) is 3. The molecule has 145 valence electrons. The highest BCUT2D eigenvalue weighted by molar-refractivity contribution is 5.81. The fourth-order valence-electron chi connectivity index (χ4n) is 2.70. The van der Waals surface area contributed by atoms with E-state index in [0.717, 1.165) is 11.5 Å². The Morgan fingerprint density at radius 3 is 2.64 bits per heavy atom. The van der Waals surface area contributed by atoms with Gasteiger partial charge in [-0.25, -0.2) is 9.59 Å². The molecule has 1 N–H and O–H groups in total. The number of alkyl carbamates (subject to hydrolysis) is 1. The summed E-state index contributed by atoms with van der Waals surface area (Å²) in [4.78, 5) is 24.1. The summed E-state index contributed by atoms with van der Waals surface area (Å²) in [5.74, 6) is 0.568. The highest BCUT2D eigenvalue weighted by Gasteiger charge is 2.23. The number of methoxy groups -OCH3 is 1. The second-order valence-corrected chi connectivity index (χ2v) is 6.19. The molecule has 1 amide bonds. The second-order valence-electron chi connectivity index (χ2n) is 6.19. The Balaban J connectivity index is 1.48.